The molecular weight excluding hydrogens is 304 g/mol. The third-order valence-corrected chi connectivity index (χ3v) is 4.40. The first-order valence-electron chi connectivity index (χ1n) is 8.42. The van der Waals surface area contributed by atoms with Crippen LogP contribution in [0, 0.1) is 11.8 Å². The first-order chi connectivity index (χ1) is 12.3. The Kier molecular flexibility index (Phi) is 4.11. The Bertz CT molecular complexity index is 973. The van der Waals surface area contributed by atoms with Crippen molar-refractivity contribution in [2.24, 2.45) is 0 Å². The van der Waals surface area contributed by atoms with Crippen molar-refractivity contribution >= 4 is 5.76 Å². The quantitative estimate of drug-likeness (QED) is 0.526. The van der Waals surface area contributed by atoms with Crippen molar-refractivity contribution in [3.63, 3.8) is 0 Å². The predicted molar refractivity (Wildman–Crippen MR) is 102 cm³/mol. The van der Waals surface area contributed by atoms with Gasteiger partial charge in [-0.25, -0.2) is 0 Å². The van der Waals surface area contributed by atoms with E-state index < -0.39 is 0 Å². The van der Waals surface area contributed by atoms with Crippen LogP contribution >= 0.6 is 0 Å². The summed E-state index contributed by atoms with van der Waals surface area (Å²) in [4.78, 5) is 0. The molecule has 120 valence electrons. The van der Waals surface area contributed by atoms with Crippen LogP contribution < -0.4 is 4.74 Å². The van der Waals surface area contributed by atoms with Gasteiger partial charge in [-0.05, 0) is 30.7 Å². The molecule has 1 aliphatic heterocycles. The molecule has 0 bridgehead atoms. The molecule has 0 spiro atoms. The van der Waals surface area contributed by atoms with Gasteiger partial charge in [0, 0.05) is 16.7 Å². The highest BCUT2D eigenvalue weighted by atomic mass is 16.5. The second-order valence-corrected chi connectivity index (χ2v) is 6.09. The van der Waals surface area contributed by atoms with Crippen LogP contribution in [0.15, 0.2) is 90.5 Å². The zero-order valence-electron chi connectivity index (χ0n) is 14.1. The van der Waals surface area contributed by atoms with E-state index in [4.69, 9.17) is 4.74 Å². The van der Waals surface area contributed by atoms with Crippen LogP contribution in [0.3, 0.4) is 0 Å². The van der Waals surface area contributed by atoms with E-state index in [-0.39, 0.29) is 5.92 Å². The second kappa shape index (κ2) is 6.71. The van der Waals surface area contributed by atoms with E-state index >= 15 is 0 Å². The van der Waals surface area contributed by atoms with Gasteiger partial charge in [-0.3, -0.25) is 0 Å². The molecule has 0 amide bonds. The zero-order chi connectivity index (χ0) is 17.1. The summed E-state index contributed by atoms with van der Waals surface area (Å²) in [5.74, 6) is 8.60. The molecule has 4 rings (SSSR count). The van der Waals surface area contributed by atoms with E-state index in [2.05, 4.69) is 37.0 Å². The van der Waals surface area contributed by atoms with Crippen molar-refractivity contribution in [3.8, 4) is 17.6 Å². The largest absolute Gasteiger partial charge is 0.456 e. The van der Waals surface area contributed by atoms with E-state index in [0.717, 1.165) is 33.8 Å². The minimum atomic E-state index is 0.0281. The molecule has 0 saturated heterocycles. The maximum atomic E-state index is 6.22. The van der Waals surface area contributed by atoms with Gasteiger partial charge in [-0.1, -0.05) is 78.6 Å². The summed E-state index contributed by atoms with van der Waals surface area (Å²) in [5, 5.41) is 0. The van der Waals surface area contributed by atoms with E-state index in [0.29, 0.717) is 0 Å². The van der Waals surface area contributed by atoms with Crippen molar-refractivity contribution in [2.75, 3.05) is 0 Å². The van der Waals surface area contributed by atoms with Crippen LogP contribution in [0.5, 0.6) is 5.75 Å². The Balaban J connectivity index is 1.82. The maximum absolute atomic E-state index is 6.22. The molecule has 3 aromatic carbocycles. The molecular formula is C24H18O. The Morgan fingerprint density at radius 1 is 0.760 bits per heavy atom. The van der Waals surface area contributed by atoms with Gasteiger partial charge in [-0.15, -0.1) is 0 Å². The first kappa shape index (κ1) is 15.3. The fourth-order valence-corrected chi connectivity index (χ4v) is 3.11. The number of hydrogen-bond donors (Lipinski definition) is 0. The number of fused-ring (bicyclic) bond motifs is 1. The third kappa shape index (κ3) is 3.07. The average molecular weight is 322 g/mol. The van der Waals surface area contributed by atoms with Crippen LogP contribution in [0.2, 0.25) is 0 Å². The van der Waals surface area contributed by atoms with Gasteiger partial charge < -0.3 is 4.74 Å². The summed E-state index contributed by atoms with van der Waals surface area (Å²) in [6, 6.07) is 28.5. The Hall–Kier alpha value is -3.24. The minimum Gasteiger partial charge on any atom is -0.456 e. The van der Waals surface area contributed by atoms with Crippen molar-refractivity contribution in [3.05, 3.63) is 107 Å². The van der Waals surface area contributed by atoms with Crippen molar-refractivity contribution in [2.45, 2.75) is 12.8 Å². The van der Waals surface area contributed by atoms with E-state index in [1.807, 2.05) is 66.7 Å². The molecule has 0 fully saturated rings. The Labute approximate surface area is 148 Å². The highest BCUT2D eigenvalue weighted by Gasteiger charge is 2.26. The van der Waals surface area contributed by atoms with Gasteiger partial charge in [0.15, 0.2) is 0 Å². The molecule has 1 atom stereocenters. The summed E-state index contributed by atoms with van der Waals surface area (Å²) in [5.41, 5.74) is 4.39. The summed E-state index contributed by atoms with van der Waals surface area (Å²) < 4.78 is 6.22. The second-order valence-electron chi connectivity index (χ2n) is 6.09. The van der Waals surface area contributed by atoms with Gasteiger partial charge in [-0.2, -0.15) is 0 Å². The number of hydrogen-bond acceptors (Lipinski definition) is 1. The van der Waals surface area contributed by atoms with Crippen LogP contribution in [-0.4, -0.2) is 0 Å². The standard InChI is InChI=1S/C24H18O/c1-18-21(17-16-19-10-4-2-5-11-19)22-14-8-9-15-23(22)25-24(18)20-12-6-3-7-13-20/h2-15,21H,1H3/t21-/m1/s1. The smallest absolute Gasteiger partial charge is 0.135 e. The van der Waals surface area contributed by atoms with Gasteiger partial charge in [0.1, 0.15) is 11.5 Å². The lowest BCUT2D eigenvalue weighted by molar-refractivity contribution is 0.487. The average Bonchev–Trinajstić information content (AvgIpc) is 2.68. The molecule has 1 heterocycles. The maximum Gasteiger partial charge on any atom is 0.135 e. The van der Waals surface area contributed by atoms with Crippen molar-refractivity contribution in [1.29, 1.82) is 0 Å². The number of ether oxygens (including phenoxy) is 1. The fourth-order valence-electron chi connectivity index (χ4n) is 3.11. The zero-order valence-corrected chi connectivity index (χ0v) is 14.1. The number of allylic oxidation sites excluding steroid dienone is 1. The Morgan fingerprint density at radius 3 is 2.16 bits per heavy atom. The number of rotatable bonds is 1. The van der Waals surface area contributed by atoms with E-state index in [1.54, 1.807) is 0 Å². The number of para-hydroxylation sites is 1. The lowest BCUT2D eigenvalue weighted by Gasteiger charge is -2.26. The predicted octanol–water partition coefficient (Wildman–Crippen LogP) is 5.65. The summed E-state index contributed by atoms with van der Waals surface area (Å²) >= 11 is 0. The van der Waals surface area contributed by atoms with Gasteiger partial charge >= 0.3 is 0 Å². The molecule has 0 aliphatic carbocycles. The normalized spacial score (nSPS) is 15.6. The lowest BCUT2D eigenvalue weighted by Crippen LogP contribution is -2.12. The molecule has 1 nitrogen and oxygen atoms in total. The molecule has 25 heavy (non-hydrogen) atoms. The third-order valence-electron chi connectivity index (χ3n) is 4.40. The van der Waals surface area contributed by atoms with Gasteiger partial charge in [0.05, 0.1) is 5.92 Å². The molecule has 0 N–H and O–H groups in total. The molecule has 0 unspecified atom stereocenters. The molecule has 0 saturated carbocycles. The molecule has 1 aliphatic rings. The monoisotopic (exact) mass is 322 g/mol. The lowest BCUT2D eigenvalue weighted by atomic mass is 9.87. The van der Waals surface area contributed by atoms with Crippen LogP contribution in [-0.2, 0) is 0 Å². The van der Waals surface area contributed by atoms with Gasteiger partial charge in [0.2, 0.25) is 0 Å². The summed E-state index contributed by atoms with van der Waals surface area (Å²) in [6.45, 7) is 2.11. The summed E-state index contributed by atoms with van der Waals surface area (Å²) in [7, 11) is 0. The fraction of sp³-hybridized carbons (Fsp3) is 0.0833. The minimum absolute atomic E-state index is 0.0281. The Morgan fingerprint density at radius 2 is 1.40 bits per heavy atom. The van der Waals surface area contributed by atoms with Crippen LogP contribution in [0.4, 0.5) is 0 Å². The molecule has 1 heteroatoms. The SMILES string of the molecule is CC1=C(c2ccccc2)Oc2ccccc2[C@@H]1C#Cc1ccccc1. The topological polar surface area (TPSA) is 9.23 Å². The van der Waals surface area contributed by atoms with Gasteiger partial charge in [0.25, 0.3) is 0 Å². The highest BCUT2D eigenvalue weighted by Crippen LogP contribution is 2.41. The first-order valence-corrected chi connectivity index (χ1v) is 8.42. The highest BCUT2D eigenvalue weighted by molar-refractivity contribution is 5.71. The number of benzene rings is 3. The summed E-state index contributed by atoms with van der Waals surface area (Å²) in [6.07, 6.45) is 0. The van der Waals surface area contributed by atoms with E-state index in [1.165, 1.54) is 0 Å². The van der Waals surface area contributed by atoms with Crippen molar-refractivity contribution in [1.82, 2.24) is 0 Å². The van der Waals surface area contributed by atoms with Crippen LogP contribution in [0.1, 0.15) is 29.5 Å². The van der Waals surface area contributed by atoms with E-state index in [9.17, 15) is 0 Å². The molecule has 0 radical (unpaired) electrons. The van der Waals surface area contributed by atoms with Crippen molar-refractivity contribution < 1.29 is 4.74 Å². The molecule has 0 aromatic heterocycles. The van der Waals surface area contributed by atoms with Crippen LogP contribution in [0.25, 0.3) is 5.76 Å². The molecule has 3 aromatic rings.